The quantitative estimate of drug-likeness (QED) is 0.772. The van der Waals surface area contributed by atoms with Crippen LogP contribution in [0.4, 0.5) is 5.69 Å². The number of carbonyl (C=O) groups is 1. The molecule has 0 aliphatic carbocycles. The summed E-state index contributed by atoms with van der Waals surface area (Å²) in [6.07, 6.45) is 4.00. The number of aromatic nitrogens is 2. The second-order valence-electron chi connectivity index (χ2n) is 6.56. The maximum absolute atomic E-state index is 12.5. The fourth-order valence-electron chi connectivity index (χ4n) is 2.86. The largest absolute Gasteiger partial charge is 0.491 e. The van der Waals surface area contributed by atoms with Crippen molar-refractivity contribution in [1.82, 2.24) is 9.78 Å². The minimum Gasteiger partial charge on any atom is -0.491 e. The minimum atomic E-state index is -0.364. The first-order valence-corrected chi connectivity index (χ1v) is 9.39. The van der Waals surface area contributed by atoms with Gasteiger partial charge < -0.3 is 14.8 Å². The van der Waals surface area contributed by atoms with Gasteiger partial charge in [-0.1, -0.05) is 19.4 Å². The molecular formula is C20H25N3O4. The number of hydrogen-bond donors (Lipinski definition) is 1. The van der Waals surface area contributed by atoms with E-state index in [9.17, 15) is 9.59 Å². The summed E-state index contributed by atoms with van der Waals surface area (Å²) in [5.74, 6) is 0.306. The number of nitrogens with one attached hydrogen (secondary N) is 1. The Labute approximate surface area is 158 Å². The fourth-order valence-corrected chi connectivity index (χ4v) is 2.86. The first-order chi connectivity index (χ1) is 13.2. The van der Waals surface area contributed by atoms with Crippen LogP contribution in [0.2, 0.25) is 0 Å². The van der Waals surface area contributed by atoms with E-state index >= 15 is 0 Å². The van der Waals surface area contributed by atoms with Crippen LogP contribution in [0.1, 0.15) is 43.1 Å². The molecule has 0 saturated carbocycles. The van der Waals surface area contributed by atoms with E-state index in [1.807, 2.05) is 19.1 Å². The summed E-state index contributed by atoms with van der Waals surface area (Å²) in [4.78, 5) is 24.3. The third-order valence-corrected chi connectivity index (χ3v) is 4.37. The van der Waals surface area contributed by atoms with Crippen molar-refractivity contribution < 1.29 is 14.3 Å². The summed E-state index contributed by atoms with van der Waals surface area (Å²) in [6, 6.07) is 10.0. The number of ether oxygens (including phenoxy) is 2. The van der Waals surface area contributed by atoms with Crippen molar-refractivity contribution in [2.24, 2.45) is 0 Å². The van der Waals surface area contributed by atoms with Crippen LogP contribution in [0.3, 0.4) is 0 Å². The standard InChI is InChI=1S/C20H25N3O4/c1-2-3-11-23-19(24)10-9-18(22-23)20(25)21-15-6-4-7-16(13-15)27-14-17-8-5-12-26-17/h4,6-7,9-10,13,17H,2-3,5,8,11-12,14H2,1H3,(H,21,25). The number of unbranched alkanes of at least 4 members (excludes halogenated alkanes) is 1. The van der Waals surface area contributed by atoms with E-state index in [2.05, 4.69) is 10.4 Å². The number of carbonyl (C=O) groups excluding carboxylic acids is 1. The van der Waals surface area contributed by atoms with Gasteiger partial charge in [0.1, 0.15) is 18.1 Å². The molecule has 27 heavy (non-hydrogen) atoms. The lowest BCUT2D eigenvalue weighted by atomic mass is 10.2. The molecule has 1 aromatic heterocycles. The molecule has 1 fully saturated rings. The number of hydrogen-bond acceptors (Lipinski definition) is 5. The zero-order valence-corrected chi connectivity index (χ0v) is 15.5. The summed E-state index contributed by atoms with van der Waals surface area (Å²) >= 11 is 0. The monoisotopic (exact) mass is 371 g/mol. The zero-order chi connectivity index (χ0) is 19.1. The number of nitrogens with zero attached hydrogens (tertiary/aromatic N) is 2. The van der Waals surface area contributed by atoms with Gasteiger partial charge in [-0.05, 0) is 37.5 Å². The van der Waals surface area contributed by atoms with E-state index in [1.54, 1.807) is 12.1 Å². The number of rotatable bonds is 8. The van der Waals surface area contributed by atoms with Gasteiger partial charge in [0.2, 0.25) is 0 Å². The van der Waals surface area contributed by atoms with Gasteiger partial charge in [-0.2, -0.15) is 5.10 Å². The molecule has 1 atom stereocenters. The van der Waals surface area contributed by atoms with Crippen molar-refractivity contribution in [3.63, 3.8) is 0 Å². The normalized spacial score (nSPS) is 16.3. The second-order valence-corrected chi connectivity index (χ2v) is 6.56. The Morgan fingerprint density at radius 3 is 3.04 bits per heavy atom. The molecule has 1 saturated heterocycles. The van der Waals surface area contributed by atoms with Gasteiger partial charge in [0.25, 0.3) is 11.5 Å². The second kappa shape index (κ2) is 9.32. The maximum Gasteiger partial charge on any atom is 0.276 e. The lowest BCUT2D eigenvalue weighted by molar-refractivity contribution is 0.0680. The van der Waals surface area contributed by atoms with E-state index in [1.165, 1.54) is 16.8 Å². The highest BCUT2D eigenvalue weighted by molar-refractivity contribution is 6.02. The molecule has 1 amide bonds. The average Bonchev–Trinajstić information content (AvgIpc) is 3.19. The van der Waals surface area contributed by atoms with Crippen molar-refractivity contribution in [3.05, 3.63) is 52.4 Å². The van der Waals surface area contributed by atoms with E-state index in [0.717, 1.165) is 32.3 Å². The van der Waals surface area contributed by atoms with Gasteiger partial charge in [-0.3, -0.25) is 9.59 Å². The summed E-state index contributed by atoms with van der Waals surface area (Å²) in [5.41, 5.74) is 0.610. The van der Waals surface area contributed by atoms with Crippen molar-refractivity contribution in [2.45, 2.75) is 45.3 Å². The predicted molar refractivity (Wildman–Crippen MR) is 102 cm³/mol. The van der Waals surface area contributed by atoms with Crippen LogP contribution < -0.4 is 15.6 Å². The van der Waals surface area contributed by atoms with Gasteiger partial charge in [0.15, 0.2) is 0 Å². The molecule has 1 N–H and O–H groups in total. The molecule has 0 spiro atoms. The molecule has 2 aromatic rings. The first-order valence-electron chi connectivity index (χ1n) is 9.39. The van der Waals surface area contributed by atoms with Crippen LogP contribution in [-0.2, 0) is 11.3 Å². The number of amides is 1. The number of benzene rings is 1. The smallest absolute Gasteiger partial charge is 0.276 e. The molecule has 7 nitrogen and oxygen atoms in total. The predicted octanol–water partition coefficient (Wildman–Crippen LogP) is 2.85. The van der Waals surface area contributed by atoms with Crippen LogP contribution >= 0.6 is 0 Å². The topological polar surface area (TPSA) is 82.5 Å². The van der Waals surface area contributed by atoms with Crippen LogP contribution in [0.15, 0.2) is 41.2 Å². The SMILES string of the molecule is CCCCn1nc(C(=O)Nc2cccc(OCC3CCCO3)c2)ccc1=O. The number of anilines is 1. The summed E-state index contributed by atoms with van der Waals surface area (Å²) < 4.78 is 12.6. The van der Waals surface area contributed by atoms with E-state index in [-0.39, 0.29) is 23.3 Å². The minimum absolute atomic E-state index is 0.136. The van der Waals surface area contributed by atoms with Gasteiger partial charge in [-0.25, -0.2) is 4.68 Å². The van der Waals surface area contributed by atoms with Gasteiger partial charge in [0, 0.05) is 31.0 Å². The van der Waals surface area contributed by atoms with Crippen LogP contribution in [0, 0.1) is 0 Å². The molecule has 1 aliphatic heterocycles. The van der Waals surface area contributed by atoms with Crippen LogP contribution in [0.25, 0.3) is 0 Å². The Morgan fingerprint density at radius 2 is 2.26 bits per heavy atom. The Balaban J connectivity index is 1.63. The Hall–Kier alpha value is -2.67. The highest BCUT2D eigenvalue weighted by Crippen LogP contribution is 2.20. The van der Waals surface area contributed by atoms with Crippen LogP contribution in [0.5, 0.6) is 5.75 Å². The number of aryl methyl sites for hydroxylation is 1. The molecule has 144 valence electrons. The molecule has 0 bridgehead atoms. The summed E-state index contributed by atoms with van der Waals surface area (Å²) in [6.45, 7) is 3.83. The first kappa shape index (κ1) is 19.1. The maximum atomic E-state index is 12.5. The Morgan fingerprint density at radius 1 is 1.37 bits per heavy atom. The molecule has 2 heterocycles. The van der Waals surface area contributed by atoms with Crippen molar-refractivity contribution >= 4 is 11.6 Å². The fraction of sp³-hybridized carbons (Fsp3) is 0.450. The molecule has 0 radical (unpaired) electrons. The molecule has 3 rings (SSSR count). The highest BCUT2D eigenvalue weighted by Gasteiger charge is 2.16. The van der Waals surface area contributed by atoms with Crippen LogP contribution in [-0.4, -0.2) is 35.0 Å². The van der Waals surface area contributed by atoms with Gasteiger partial charge >= 0.3 is 0 Å². The molecular weight excluding hydrogens is 346 g/mol. The van der Waals surface area contributed by atoms with E-state index < -0.39 is 0 Å². The Kier molecular flexibility index (Phi) is 6.59. The highest BCUT2D eigenvalue weighted by atomic mass is 16.5. The molecule has 1 aliphatic rings. The molecule has 7 heteroatoms. The lowest BCUT2D eigenvalue weighted by Crippen LogP contribution is -2.26. The lowest BCUT2D eigenvalue weighted by Gasteiger charge is -2.12. The zero-order valence-electron chi connectivity index (χ0n) is 15.5. The van der Waals surface area contributed by atoms with Crippen molar-refractivity contribution in [3.8, 4) is 5.75 Å². The van der Waals surface area contributed by atoms with Crippen molar-refractivity contribution in [1.29, 1.82) is 0 Å². The molecule has 1 unspecified atom stereocenters. The van der Waals surface area contributed by atoms with Gasteiger partial charge in [-0.15, -0.1) is 0 Å². The van der Waals surface area contributed by atoms with E-state index in [4.69, 9.17) is 9.47 Å². The average molecular weight is 371 g/mol. The van der Waals surface area contributed by atoms with Crippen molar-refractivity contribution in [2.75, 3.05) is 18.5 Å². The van der Waals surface area contributed by atoms with E-state index in [0.29, 0.717) is 24.6 Å². The summed E-state index contributed by atoms with van der Waals surface area (Å²) in [7, 11) is 0. The molecule has 1 aromatic carbocycles. The summed E-state index contributed by atoms with van der Waals surface area (Å²) in [5, 5.41) is 6.96. The third kappa shape index (κ3) is 5.40. The van der Waals surface area contributed by atoms with Gasteiger partial charge in [0.05, 0.1) is 6.10 Å². The Bertz CT molecular complexity index is 828. The third-order valence-electron chi connectivity index (χ3n) is 4.37.